The molecule has 0 spiro atoms. The lowest BCUT2D eigenvalue weighted by Gasteiger charge is -2.40. The molecule has 12 nitrogen and oxygen atoms in total. The van der Waals surface area contributed by atoms with Crippen LogP contribution < -0.4 is 16.4 Å². The third-order valence-electron chi connectivity index (χ3n) is 9.96. The molecule has 14 heteroatoms. The molecular formula is C47H58N4O8S2. The first-order chi connectivity index (χ1) is 29.2. The summed E-state index contributed by atoms with van der Waals surface area (Å²) in [7, 11) is 0. The molecule has 0 aromatic heterocycles. The van der Waals surface area contributed by atoms with Crippen LogP contribution in [0.1, 0.15) is 52.7 Å². The minimum atomic E-state index is -1.23. The van der Waals surface area contributed by atoms with Crippen LogP contribution in [0.25, 0.3) is 0 Å². The molecule has 1 aliphatic rings. The molecule has 1 aliphatic heterocycles. The van der Waals surface area contributed by atoms with E-state index in [2.05, 4.69) is 10.6 Å². The second-order valence-corrected chi connectivity index (χ2v) is 18.1. The maximum absolute atomic E-state index is 15.4. The molecular weight excluding hydrogens is 813 g/mol. The van der Waals surface area contributed by atoms with Crippen LogP contribution in [0.4, 0.5) is 9.59 Å². The normalized spacial score (nSPS) is 17.8. The van der Waals surface area contributed by atoms with Gasteiger partial charge in [0.15, 0.2) is 5.79 Å². The highest BCUT2D eigenvalue weighted by Crippen LogP contribution is 2.37. The van der Waals surface area contributed by atoms with Gasteiger partial charge in [-0.25, -0.2) is 9.59 Å². The number of nitrogens with zero attached hydrogens (tertiary/aromatic N) is 1. The average Bonchev–Trinajstić information content (AvgIpc) is 3.59. The largest absolute Gasteiger partial charge is 0.445 e. The van der Waals surface area contributed by atoms with E-state index in [0.717, 1.165) is 25.8 Å². The number of carbonyl (C=O) groups excluding carboxylic acids is 4. The fourth-order valence-electron chi connectivity index (χ4n) is 6.81. The SMILES string of the molecule is CC(C)[C@H](NC(=O)OCc1ccccc1)C(=O)N(C(=O)[C@@H](NC(=O)OCc1ccccc1)C(C)C)[C@@H](CSc1ccccc1)[C@H]1OC(C)(C)O[C@@H]1[C@@H](N)CSc1ccccc1. The van der Waals surface area contributed by atoms with Gasteiger partial charge in [0.1, 0.15) is 37.5 Å². The minimum absolute atomic E-state index is 0.0298. The van der Waals surface area contributed by atoms with Gasteiger partial charge < -0.3 is 35.3 Å². The highest BCUT2D eigenvalue weighted by atomic mass is 32.2. The number of alkyl carbamates (subject to hydrolysis) is 2. The van der Waals surface area contributed by atoms with Gasteiger partial charge in [0, 0.05) is 27.3 Å². The first kappa shape index (κ1) is 47.2. The number of carbonyl (C=O) groups is 4. The number of imide groups is 1. The summed E-state index contributed by atoms with van der Waals surface area (Å²) in [6, 6.07) is 33.7. The second kappa shape index (κ2) is 22.8. The molecule has 0 unspecified atom stereocenters. The third-order valence-corrected chi connectivity index (χ3v) is 12.2. The zero-order chi connectivity index (χ0) is 43.9. The molecule has 4 aromatic rings. The van der Waals surface area contributed by atoms with Crippen LogP contribution in [-0.2, 0) is 41.8 Å². The summed E-state index contributed by atoms with van der Waals surface area (Å²) in [4.78, 5) is 60.6. The highest BCUT2D eigenvalue weighted by molar-refractivity contribution is 7.99. The standard InChI is InChI=1S/C47H58N4O8S2/c1-31(2)39(49-45(54)56-27-33-19-11-7-12-20-33)43(52)51(44(53)40(32(3)4)50-46(55)57-28-34-21-13-8-14-22-34)38(30-61-36-25-17-10-18-26-36)42-41(58-47(5,6)59-42)37(48)29-60-35-23-15-9-16-24-35/h7-26,31-32,37-42H,27-30,48H2,1-6H3,(H,49,54)(H,50,55)/t37-,38-,39-,40-,41+,42+/m0/s1. The molecule has 4 aromatic carbocycles. The van der Waals surface area contributed by atoms with Crippen LogP contribution in [-0.4, -0.2) is 82.6 Å². The van der Waals surface area contributed by atoms with E-state index in [0.29, 0.717) is 5.75 Å². The van der Waals surface area contributed by atoms with Crippen molar-refractivity contribution in [3.63, 3.8) is 0 Å². The number of benzene rings is 4. The van der Waals surface area contributed by atoms with Gasteiger partial charge in [-0.1, -0.05) is 125 Å². The predicted molar refractivity (Wildman–Crippen MR) is 239 cm³/mol. The second-order valence-electron chi connectivity index (χ2n) is 15.9. The van der Waals surface area contributed by atoms with Crippen molar-refractivity contribution >= 4 is 47.5 Å². The zero-order valence-electron chi connectivity index (χ0n) is 35.6. The topological polar surface area (TPSA) is 159 Å². The highest BCUT2D eigenvalue weighted by Gasteiger charge is 2.53. The van der Waals surface area contributed by atoms with Crippen LogP contribution in [0.15, 0.2) is 131 Å². The quantitative estimate of drug-likeness (QED) is 0.0784. The van der Waals surface area contributed by atoms with E-state index in [-0.39, 0.29) is 19.0 Å². The van der Waals surface area contributed by atoms with Crippen LogP contribution in [0.3, 0.4) is 0 Å². The van der Waals surface area contributed by atoms with Crippen LogP contribution in [0.2, 0.25) is 0 Å². The third kappa shape index (κ3) is 14.1. The van der Waals surface area contributed by atoms with E-state index in [1.807, 2.05) is 121 Å². The molecule has 326 valence electrons. The van der Waals surface area contributed by atoms with Crippen molar-refractivity contribution in [1.29, 1.82) is 0 Å². The molecule has 61 heavy (non-hydrogen) atoms. The minimum Gasteiger partial charge on any atom is -0.445 e. The summed E-state index contributed by atoms with van der Waals surface area (Å²) in [5.41, 5.74) is 8.50. The molecule has 5 rings (SSSR count). The summed E-state index contributed by atoms with van der Waals surface area (Å²) in [6.45, 7) is 10.6. The lowest BCUT2D eigenvalue weighted by molar-refractivity contribution is -0.164. The molecule has 4 N–H and O–H groups in total. The Kier molecular flexibility index (Phi) is 17.7. The molecule has 0 saturated carbocycles. The average molecular weight is 871 g/mol. The van der Waals surface area contributed by atoms with Crippen LogP contribution in [0, 0.1) is 11.8 Å². The molecule has 0 radical (unpaired) electrons. The van der Waals surface area contributed by atoms with Gasteiger partial charge in [0.25, 0.3) is 11.8 Å². The van der Waals surface area contributed by atoms with Gasteiger partial charge in [0.05, 0.1) is 6.04 Å². The molecule has 0 aliphatic carbocycles. The summed E-state index contributed by atoms with van der Waals surface area (Å²) in [6.07, 6.45) is -3.37. The van der Waals surface area contributed by atoms with Gasteiger partial charge >= 0.3 is 12.2 Å². The van der Waals surface area contributed by atoms with E-state index in [4.69, 9.17) is 24.7 Å². The monoisotopic (exact) mass is 870 g/mol. The van der Waals surface area contributed by atoms with Crippen molar-refractivity contribution in [1.82, 2.24) is 15.5 Å². The molecule has 4 amide bonds. The van der Waals surface area contributed by atoms with E-state index in [1.165, 1.54) is 11.8 Å². The van der Waals surface area contributed by atoms with Crippen molar-refractivity contribution < 1.29 is 38.1 Å². The Bertz CT molecular complexity index is 1910. The molecule has 1 heterocycles. The zero-order valence-corrected chi connectivity index (χ0v) is 37.2. The Labute approximate surface area is 368 Å². The summed E-state index contributed by atoms with van der Waals surface area (Å²) in [5, 5.41) is 5.51. The predicted octanol–water partition coefficient (Wildman–Crippen LogP) is 8.04. The number of thioether (sulfide) groups is 2. The van der Waals surface area contributed by atoms with E-state index in [9.17, 15) is 9.59 Å². The number of ether oxygens (including phenoxy) is 4. The Morgan fingerprint density at radius 1 is 0.623 bits per heavy atom. The molecule has 1 saturated heterocycles. The Morgan fingerprint density at radius 2 is 1.00 bits per heavy atom. The number of nitrogens with one attached hydrogen (secondary N) is 2. The summed E-state index contributed by atoms with van der Waals surface area (Å²) < 4.78 is 24.4. The maximum Gasteiger partial charge on any atom is 0.408 e. The van der Waals surface area contributed by atoms with Gasteiger partial charge in [-0.2, -0.15) is 0 Å². The van der Waals surface area contributed by atoms with Gasteiger partial charge in [-0.05, 0) is 61.1 Å². The van der Waals surface area contributed by atoms with Gasteiger partial charge in [0.2, 0.25) is 0 Å². The lowest BCUT2D eigenvalue weighted by atomic mass is 9.95. The van der Waals surface area contributed by atoms with Crippen molar-refractivity contribution in [2.45, 2.75) is 107 Å². The lowest BCUT2D eigenvalue weighted by Crippen LogP contribution is -2.65. The molecule has 0 bridgehead atoms. The van der Waals surface area contributed by atoms with Crippen molar-refractivity contribution in [3.05, 3.63) is 132 Å². The van der Waals surface area contributed by atoms with E-state index in [1.54, 1.807) is 53.3 Å². The maximum atomic E-state index is 15.4. The van der Waals surface area contributed by atoms with Crippen LogP contribution in [0.5, 0.6) is 0 Å². The number of amides is 4. The number of rotatable bonds is 19. The van der Waals surface area contributed by atoms with Gasteiger partial charge in [-0.15, -0.1) is 23.5 Å². The summed E-state index contributed by atoms with van der Waals surface area (Å²) in [5.74, 6) is -2.97. The van der Waals surface area contributed by atoms with Gasteiger partial charge in [-0.3, -0.25) is 14.5 Å². The van der Waals surface area contributed by atoms with Crippen molar-refractivity contribution in [2.24, 2.45) is 17.6 Å². The number of hydrogen-bond donors (Lipinski definition) is 3. The van der Waals surface area contributed by atoms with Crippen molar-refractivity contribution in [3.8, 4) is 0 Å². The number of hydrogen-bond acceptors (Lipinski definition) is 11. The Morgan fingerprint density at radius 3 is 1.41 bits per heavy atom. The Hall–Kier alpha value is -4.86. The fraction of sp³-hybridized carbons (Fsp3) is 0.404. The molecule has 6 atom stereocenters. The van der Waals surface area contributed by atoms with E-state index < -0.39 is 78.0 Å². The first-order valence-corrected chi connectivity index (χ1v) is 22.5. The number of nitrogens with two attached hydrogens (primary N) is 1. The Balaban J connectivity index is 1.54. The fourth-order valence-corrected chi connectivity index (χ4v) is 8.79. The molecule has 1 fully saturated rings. The first-order valence-electron chi connectivity index (χ1n) is 20.5. The summed E-state index contributed by atoms with van der Waals surface area (Å²) >= 11 is 2.99. The smallest absolute Gasteiger partial charge is 0.408 e. The van der Waals surface area contributed by atoms with Crippen LogP contribution >= 0.6 is 23.5 Å². The van der Waals surface area contributed by atoms with Crippen molar-refractivity contribution in [2.75, 3.05) is 11.5 Å². The van der Waals surface area contributed by atoms with E-state index >= 15 is 9.59 Å².